The molecule has 1 aliphatic rings. The highest BCUT2D eigenvalue weighted by molar-refractivity contribution is 7.19. The number of aromatic nitrogens is 2. The number of thiophene rings is 1. The van der Waals surface area contributed by atoms with Crippen LogP contribution in [0.3, 0.4) is 0 Å². The molecule has 5 nitrogen and oxygen atoms in total. The predicted molar refractivity (Wildman–Crippen MR) is 124 cm³/mol. The zero-order valence-electron chi connectivity index (χ0n) is 17.2. The van der Waals surface area contributed by atoms with Crippen LogP contribution < -0.4 is 15.6 Å². The third-order valence-corrected chi connectivity index (χ3v) is 6.58. The summed E-state index contributed by atoms with van der Waals surface area (Å²) in [5.41, 5.74) is 1.43. The minimum atomic E-state index is -4.48. The van der Waals surface area contributed by atoms with Crippen molar-refractivity contribution in [1.29, 1.82) is 0 Å². The Kier molecular flexibility index (Phi) is 6.47. The van der Waals surface area contributed by atoms with Crippen molar-refractivity contribution >= 4 is 33.8 Å². The fourth-order valence-corrected chi connectivity index (χ4v) is 5.04. The molecule has 0 unspecified atom stereocenters. The summed E-state index contributed by atoms with van der Waals surface area (Å²) in [6.45, 7) is 1.86. The molecular formula is C23H19ClF3N3O2S. The van der Waals surface area contributed by atoms with E-state index in [1.807, 2.05) is 12.1 Å². The van der Waals surface area contributed by atoms with E-state index in [4.69, 9.17) is 4.74 Å². The summed E-state index contributed by atoms with van der Waals surface area (Å²) >= 11 is 1.75. The van der Waals surface area contributed by atoms with E-state index in [1.54, 1.807) is 28.2 Å². The Morgan fingerprint density at radius 1 is 1.15 bits per heavy atom. The molecule has 1 N–H and O–H groups in total. The van der Waals surface area contributed by atoms with Gasteiger partial charge in [0.15, 0.2) is 0 Å². The van der Waals surface area contributed by atoms with Crippen molar-refractivity contribution in [1.82, 2.24) is 14.9 Å². The summed E-state index contributed by atoms with van der Waals surface area (Å²) in [5.74, 6) is 0.338. The van der Waals surface area contributed by atoms with Crippen LogP contribution in [0.25, 0.3) is 15.8 Å². The normalized spacial score (nSPS) is 13.4. The number of rotatable bonds is 4. The summed E-state index contributed by atoms with van der Waals surface area (Å²) in [5, 5.41) is 4.63. The van der Waals surface area contributed by atoms with Crippen LogP contribution in [-0.4, -0.2) is 16.1 Å². The van der Waals surface area contributed by atoms with Crippen molar-refractivity contribution in [3.05, 3.63) is 86.9 Å². The molecule has 3 aromatic heterocycles. The van der Waals surface area contributed by atoms with Crippen LogP contribution in [0.1, 0.15) is 21.7 Å². The van der Waals surface area contributed by atoms with E-state index in [0.29, 0.717) is 11.3 Å². The summed E-state index contributed by atoms with van der Waals surface area (Å²) in [4.78, 5) is 17.4. The maximum atomic E-state index is 12.7. The maximum Gasteiger partial charge on any atom is 0.433 e. The van der Waals surface area contributed by atoms with Gasteiger partial charge in [-0.25, -0.2) is 0 Å². The molecule has 0 radical (unpaired) electrons. The highest BCUT2D eigenvalue weighted by Crippen LogP contribution is 2.34. The van der Waals surface area contributed by atoms with Crippen molar-refractivity contribution in [3.8, 4) is 11.4 Å². The lowest BCUT2D eigenvalue weighted by Gasteiger charge is -2.12. The first-order valence-corrected chi connectivity index (χ1v) is 10.8. The highest BCUT2D eigenvalue weighted by Gasteiger charge is 2.32. The molecule has 172 valence electrons. The van der Waals surface area contributed by atoms with Gasteiger partial charge in [0, 0.05) is 40.1 Å². The lowest BCUT2D eigenvalue weighted by atomic mass is 10.0. The second-order valence-electron chi connectivity index (χ2n) is 7.52. The van der Waals surface area contributed by atoms with Gasteiger partial charge in [0.2, 0.25) is 0 Å². The van der Waals surface area contributed by atoms with Crippen molar-refractivity contribution in [2.24, 2.45) is 0 Å². The monoisotopic (exact) mass is 493 g/mol. The molecule has 33 heavy (non-hydrogen) atoms. The average molecular weight is 494 g/mol. The quantitative estimate of drug-likeness (QED) is 0.429. The number of alkyl halides is 3. The van der Waals surface area contributed by atoms with Gasteiger partial charge in [-0.3, -0.25) is 14.3 Å². The topological polar surface area (TPSA) is 56.1 Å². The summed E-state index contributed by atoms with van der Waals surface area (Å²) in [7, 11) is 0. The Morgan fingerprint density at radius 2 is 2.00 bits per heavy atom. The largest absolute Gasteiger partial charge is 0.489 e. The molecule has 10 heteroatoms. The van der Waals surface area contributed by atoms with Crippen LogP contribution in [0.2, 0.25) is 0 Å². The van der Waals surface area contributed by atoms with Crippen LogP contribution in [0.4, 0.5) is 13.2 Å². The highest BCUT2D eigenvalue weighted by atomic mass is 35.5. The fourth-order valence-electron chi connectivity index (χ4n) is 3.78. The lowest BCUT2D eigenvalue weighted by Crippen LogP contribution is -2.21. The maximum absolute atomic E-state index is 12.7. The number of benzene rings is 1. The van der Waals surface area contributed by atoms with E-state index in [0.717, 1.165) is 42.2 Å². The molecule has 4 heterocycles. The first-order chi connectivity index (χ1) is 15.4. The SMILES string of the molecule is Cl.O=c1cc(OCc2ccc(C(F)(F)F)nc2)ccn1-c1ccc2c3c(sc2c1)CNCC3. The van der Waals surface area contributed by atoms with Crippen LogP contribution in [0.15, 0.2) is 59.7 Å². The molecule has 0 aliphatic carbocycles. The Bertz CT molecular complexity index is 1350. The van der Waals surface area contributed by atoms with Gasteiger partial charge in [-0.2, -0.15) is 13.2 Å². The average Bonchev–Trinajstić information content (AvgIpc) is 3.15. The van der Waals surface area contributed by atoms with Gasteiger partial charge in [0.25, 0.3) is 5.56 Å². The van der Waals surface area contributed by atoms with Crippen LogP contribution in [-0.2, 0) is 25.7 Å². The van der Waals surface area contributed by atoms with Gasteiger partial charge in [-0.15, -0.1) is 23.7 Å². The Labute approximate surface area is 197 Å². The molecule has 4 aromatic rings. The Hall–Kier alpha value is -2.88. The van der Waals surface area contributed by atoms with Gasteiger partial charge in [0.1, 0.15) is 18.1 Å². The number of halogens is 4. The first-order valence-electron chi connectivity index (χ1n) is 10.0. The number of ether oxygens (including phenoxy) is 1. The predicted octanol–water partition coefficient (Wildman–Crippen LogP) is 5.11. The number of fused-ring (bicyclic) bond motifs is 3. The van der Waals surface area contributed by atoms with Gasteiger partial charge < -0.3 is 10.1 Å². The molecule has 0 saturated heterocycles. The summed E-state index contributed by atoms with van der Waals surface area (Å²) in [6.07, 6.45) is -0.713. The Balaban J connectivity index is 0.00000259. The molecule has 1 aromatic carbocycles. The zero-order chi connectivity index (χ0) is 22.3. The van der Waals surface area contributed by atoms with E-state index >= 15 is 0 Å². The van der Waals surface area contributed by atoms with Crippen molar-refractivity contribution in [2.45, 2.75) is 25.7 Å². The molecule has 0 atom stereocenters. The molecule has 0 amide bonds. The third-order valence-electron chi connectivity index (χ3n) is 5.39. The van der Waals surface area contributed by atoms with E-state index in [2.05, 4.69) is 16.4 Å². The molecular weight excluding hydrogens is 475 g/mol. The standard InChI is InChI=1S/C23H18F3N3O2S.ClH/c24-23(25,26)21-4-1-14(11-28-21)13-31-16-6-8-29(22(30)10-16)15-2-3-17-18-5-7-27-12-20(18)32-19(17)9-15;/h1-4,6,8-11,27H,5,7,12-13H2;1H. The minimum absolute atomic E-state index is 0. The second kappa shape index (κ2) is 9.17. The lowest BCUT2D eigenvalue weighted by molar-refractivity contribution is -0.141. The molecule has 0 bridgehead atoms. The number of pyridine rings is 2. The number of hydrogen-bond donors (Lipinski definition) is 1. The van der Waals surface area contributed by atoms with E-state index in [-0.39, 0.29) is 24.6 Å². The van der Waals surface area contributed by atoms with Crippen LogP contribution in [0.5, 0.6) is 5.75 Å². The molecule has 1 aliphatic heterocycles. The van der Waals surface area contributed by atoms with Crippen LogP contribution >= 0.6 is 23.7 Å². The zero-order valence-corrected chi connectivity index (χ0v) is 18.8. The summed E-state index contributed by atoms with van der Waals surface area (Å²) in [6, 6.07) is 11.3. The molecule has 5 rings (SSSR count). The van der Waals surface area contributed by atoms with Gasteiger partial charge in [-0.1, -0.05) is 12.1 Å². The molecule has 0 saturated carbocycles. The third kappa shape index (κ3) is 4.75. The molecule has 0 fully saturated rings. The van der Waals surface area contributed by atoms with Crippen LogP contribution in [0, 0.1) is 0 Å². The number of nitrogens with one attached hydrogen (secondary N) is 1. The van der Waals surface area contributed by atoms with E-state index < -0.39 is 11.9 Å². The van der Waals surface area contributed by atoms with Gasteiger partial charge in [-0.05, 0) is 48.2 Å². The summed E-state index contributed by atoms with van der Waals surface area (Å²) < 4.78 is 46.1. The first kappa shape index (κ1) is 23.3. The molecule has 0 spiro atoms. The van der Waals surface area contributed by atoms with Gasteiger partial charge >= 0.3 is 6.18 Å². The fraction of sp³-hybridized carbons (Fsp3) is 0.217. The van der Waals surface area contributed by atoms with E-state index in [9.17, 15) is 18.0 Å². The van der Waals surface area contributed by atoms with Crippen molar-refractivity contribution in [3.63, 3.8) is 0 Å². The van der Waals surface area contributed by atoms with Crippen molar-refractivity contribution in [2.75, 3.05) is 6.54 Å². The number of hydrogen-bond acceptors (Lipinski definition) is 5. The number of nitrogens with zero attached hydrogens (tertiary/aromatic N) is 2. The smallest absolute Gasteiger partial charge is 0.433 e. The Morgan fingerprint density at radius 3 is 2.73 bits per heavy atom. The van der Waals surface area contributed by atoms with E-state index in [1.165, 1.54) is 28.0 Å². The van der Waals surface area contributed by atoms with Crippen molar-refractivity contribution < 1.29 is 17.9 Å². The second-order valence-corrected chi connectivity index (χ2v) is 8.66. The van der Waals surface area contributed by atoms with Gasteiger partial charge in [0.05, 0.1) is 5.69 Å². The minimum Gasteiger partial charge on any atom is -0.489 e.